The average molecular weight is 456 g/mol. The van der Waals surface area contributed by atoms with Gasteiger partial charge in [-0.3, -0.25) is 9.69 Å². The number of thiocarbonyl (C=S) groups is 1. The van der Waals surface area contributed by atoms with Crippen LogP contribution in [-0.4, -0.2) is 26.2 Å². The molecule has 30 heavy (non-hydrogen) atoms. The van der Waals surface area contributed by atoms with Crippen LogP contribution in [0.2, 0.25) is 5.02 Å². The van der Waals surface area contributed by atoms with Gasteiger partial charge in [0, 0.05) is 11.6 Å². The molecule has 2 heterocycles. The molecular weight excluding hydrogens is 442 g/mol. The molecule has 4 rings (SSSR count). The van der Waals surface area contributed by atoms with Crippen LogP contribution in [0.1, 0.15) is 17.4 Å². The predicted molar refractivity (Wildman–Crippen MR) is 121 cm³/mol. The van der Waals surface area contributed by atoms with Crippen molar-refractivity contribution < 1.29 is 19.1 Å². The Morgan fingerprint density at radius 3 is 2.50 bits per heavy atom. The number of amides is 1. The van der Waals surface area contributed by atoms with E-state index in [1.54, 1.807) is 54.6 Å². The molecule has 2 aromatic carbocycles. The lowest BCUT2D eigenvalue weighted by atomic mass is 10.1. The van der Waals surface area contributed by atoms with Crippen molar-refractivity contribution in [3.05, 3.63) is 88.0 Å². The third-order valence-corrected chi connectivity index (χ3v) is 6.13. The highest BCUT2D eigenvalue weighted by Gasteiger charge is 2.41. The van der Waals surface area contributed by atoms with Gasteiger partial charge in [0.25, 0.3) is 5.91 Å². The molecule has 0 spiro atoms. The van der Waals surface area contributed by atoms with Crippen molar-refractivity contribution >= 4 is 57.9 Å². The van der Waals surface area contributed by atoms with E-state index in [0.29, 0.717) is 27.0 Å². The molecule has 1 aliphatic rings. The molecule has 1 N–H and O–H groups in total. The fraction of sp³-hybridized carbons (Fsp3) is 0.0455. The number of nitrogens with zero attached hydrogens (tertiary/aromatic N) is 1. The van der Waals surface area contributed by atoms with Crippen molar-refractivity contribution in [2.24, 2.45) is 0 Å². The van der Waals surface area contributed by atoms with Crippen molar-refractivity contribution in [2.45, 2.75) is 6.04 Å². The molecule has 1 fully saturated rings. The Morgan fingerprint density at radius 2 is 1.80 bits per heavy atom. The summed E-state index contributed by atoms with van der Waals surface area (Å²) in [5.74, 6) is -0.623. The number of thioether (sulfide) groups is 1. The van der Waals surface area contributed by atoms with Crippen LogP contribution in [-0.2, 0) is 9.59 Å². The molecule has 1 unspecified atom stereocenters. The van der Waals surface area contributed by atoms with E-state index in [1.807, 2.05) is 18.2 Å². The molecule has 5 nitrogen and oxygen atoms in total. The molecule has 1 amide bonds. The number of benzene rings is 2. The number of hydrogen-bond acceptors (Lipinski definition) is 5. The van der Waals surface area contributed by atoms with Gasteiger partial charge < -0.3 is 9.52 Å². The van der Waals surface area contributed by atoms with Gasteiger partial charge in [-0.05, 0) is 29.8 Å². The van der Waals surface area contributed by atoms with Crippen molar-refractivity contribution in [2.75, 3.05) is 0 Å². The van der Waals surface area contributed by atoms with E-state index >= 15 is 0 Å². The number of halogens is 1. The topological polar surface area (TPSA) is 70.8 Å². The lowest BCUT2D eigenvalue weighted by Gasteiger charge is -2.23. The molecule has 0 aliphatic carbocycles. The summed E-state index contributed by atoms with van der Waals surface area (Å²) < 4.78 is 6.00. The molecule has 0 radical (unpaired) electrons. The highest BCUT2D eigenvalue weighted by Crippen LogP contribution is 2.39. The first-order chi connectivity index (χ1) is 14.5. The minimum atomic E-state index is -1.19. The fourth-order valence-electron chi connectivity index (χ4n) is 3.11. The summed E-state index contributed by atoms with van der Waals surface area (Å²) >= 11 is 12.6. The minimum absolute atomic E-state index is 0.181. The van der Waals surface area contributed by atoms with E-state index in [9.17, 15) is 14.7 Å². The second-order valence-electron chi connectivity index (χ2n) is 6.39. The van der Waals surface area contributed by atoms with Gasteiger partial charge in [0.2, 0.25) is 0 Å². The second kappa shape index (κ2) is 8.47. The normalized spacial score (nSPS) is 16.3. The van der Waals surface area contributed by atoms with E-state index in [0.717, 1.165) is 22.2 Å². The molecule has 0 saturated carbocycles. The van der Waals surface area contributed by atoms with Crippen LogP contribution in [0.25, 0.3) is 17.4 Å². The van der Waals surface area contributed by atoms with Gasteiger partial charge in [-0.15, -0.1) is 0 Å². The molecule has 1 aromatic heterocycles. The van der Waals surface area contributed by atoms with Crippen LogP contribution in [0.4, 0.5) is 0 Å². The number of furan rings is 1. The first kappa shape index (κ1) is 20.4. The number of carbonyl (C=O) groups is 2. The Morgan fingerprint density at radius 1 is 1.10 bits per heavy atom. The lowest BCUT2D eigenvalue weighted by Crippen LogP contribution is -2.37. The number of aliphatic carboxylic acids is 1. The van der Waals surface area contributed by atoms with Gasteiger partial charge in [0.1, 0.15) is 15.8 Å². The monoisotopic (exact) mass is 455 g/mol. The molecule has 1 saturated heterocycles. The number of carboxylic acid groups (broad SMARTS) is 1. The maximum absolute atomic E-state index is 13.0. The maximum atomic E-state index is 13.0. The molecule has 1 aliphatic heterocycles. The van der Waals surface area contributed by atoms with Crippen molar-refractivity contribution in [1.82, 2.24) is 4.90 Å². The van der Waals surface area contributed by atoms with Crippen LogP contribution in [0, 0.1) is 0 Å². The molecular formula is C22H14ClNO4S2. The predicted octanol–water partition coefficient (Wildman–Crippen LogP) is 5.63. The standard InChI is InChI=1S/C22H14ClNO4S2/c23-16-9-5-4-8-15(16)17-11-10-14(28-17)12-18-20(25)24(22(29)30-18)19(21(26)27)13-6-2-1-3-7-13/h1-12,19H,(H,26,27)/b18-12-. The largest absolute Gasteiger partial charge is 0.479 e. The molecule has 1 atom stereocenters. The number of carboxylic acids is 1. The van der Waals surface area contributed by atoms with Crippen LogP contribution in [0.3, 0.4) is 0 Å². The highest BCUT2D eigenvalue weighted by molar-refractivity contribution is 8.26. The molecule has 3 aromatic rings. The van der Waals surface area contributed by atoms with E-state index in [2.05, 4.69) is 0 Å². The summed E-state index contributed by atoms with van der Waals surface area (Å²) in [5.41, 5.74) is 1.21. The summed E-state index contributed by atoms with van der Waals surface area (Å²) in [4.78, 5) is 26.3. The number of hydrogen-bond donors (Lipinski definition) is 1. The van der Waals surface area contributed by atoms with E-state index < -0.39 is 17.9 Å². The third kappa shape index (κ3) is 3.92. The quantitative estimate of drug-likeness (QED) is 0.397. The third-order valence-electron chi connectivity index (χ3n) is 4.47. The van der Waals surface area contributed by atoms with Crippen molar-refractivity contribution in [3.63, 3.8) is 0 Å². The summed E-state index contributed by atoms with van der Waals surface area (Å²) in [6.45, 7) is 0. The maximum Gasteiger partial charge on any atom is 0.331 e. The molecule has 8 heteroatoms. The van der Waals surface area contributed by atoms with Gasteiger partial charge in [0.15, 0.2) is 6.04 Å². The van der Waals surface area contributed by atoms with Crippen LogP contribution < -0.4 is 0 Å². The summed E-state index contributed by atoms with van der Waals surface area (Å²) in [7, 11) is 0. The van der Waals surface area contributed by atoms with Crippen LogP contribution in [0.15, 0.2) is 76.1 Å². The van der Waals surface area contributed by atoms with E-state index in [1.165, 1.54) is 0 Å². The van der Waals surface area contributed by atoms with Gasteiger partial charge in [-0.25, -0.2) is 4.79 Å². The smallest absolute Gasteiger partial charge is 0.331 e. The molecule has 150 valence electrons. The van der Waals surface area contributed by atoms with E-state index in [-0.39, 0.29) is 4.32 Å². The number of rotatable bonds is 5. The fourth-order valence-corrected chi connectivity index (χ4v) is 4.63. The Kier molecular flexibility index (Phi) is 5.76. The Labute approximate surface area is 186 Å². The zero-order valence-electron chi connectivity index (χ0n) is 15.3. The van der Waals surface area contributed by atoms with Crippen LogP contribution in [0.5, 0.6) is 0 Å². The van der Waals surface area contributed by atoms with Gasteiger partial charge in [-0.1, -0.05) is 78.0 Å². The van der Waals surface area contributed by atoms with Crippen LogP contribution >= 0.6 is 35.6 Å². The Balaban J connectivity index is 1.64. The van der Waals surface area contributed by atoms with Gasteiger partial charge in [0.05, 0.1) is 9.93 Å². The minimum Gasteiger partial charge on any atom is -0.479 e. The summed E-state index contributed by atoms with van der Waals surface area (Å²) in [6.07, 6.45) is 1.56. The first-order valence-electron chi connectivity index (χ1n) is 8.85. The first-order valence-corrected chi connectivity index (χ1v) is 10.5. The lowest BCUT2D eigenvalue weighted by molar-refractivity contribution is -0.145. The Hall–Kier alpha value is -2.87. The average Bonchev–Trinajstić information content (AvgIpc) is 3.29. The summed E-state index contributed by atoms with van der Waals surface area (Å²) in [5, 5.41) is 10.3. The number of carbonyl (C=O) groups excluding carboxylic acids is 1. The second-order valence-corrected chi connectivity index (χ2v) is 8.47. The van der Waals surface area contributed by atoms with E-state index in [4.69, 9.17) is 28.2 Å². The molecule has 0 bridgehead atoms. The zero-order valence-corrected chi connectivity index (χ0v) is 17.7. The Bertz CT molecular complexity index is 1170. The van der Waals surface area contributed by atoms with Crippen molar-refractivity contribution in [3.8, 4) is 11.3 Å². The zero-order chi connectivity index (χ0) is 21.3. The van der Waals surface area contributed by atoms with Gasteiger partial charge in [-0.2, -0.15) is 0 Å². The highest BCUT2D eigenvalue weighted by atomic mass is 35.5. The van der Waals surface area contributed by atoms with Gasteiger partial charge >= 0.3 is 5.97 Å². The SMILES string of the molecule is O=C(O)C(c1ccccc1)N1C(=O)/C(=C/c2ccc(-c3ccccc3Cl)o2)SC1=S. The van der Waals surface area contributed by atoms with Crippen molar-refractivity contribution in [1.29, 1.82) is 0 Å². The summed E-state index contributed by atoms with van der Waals surface area (Å²) in [6, 6.07) is 18.1.